The van der Waals surface area contributed by atoms with Gasteiger partial charge < -0.3 is 10.4 Å². The van der Waals surface area contributed by atoms with E-state index in [0.29, 0.717) is 25.6 Å². The van der Waals surface area contributed by atoms with Gasteiger partial charge in [-0.3, -0.25) is 9.69 Å². The van der Waals surface area contributed by atoms with Crippen LogP contribution in [0.2, 0.25) is 0 Å². The molecule has 4 nitrogen and oxygen atoms in total. The number of nitrogens with zero attached hydrogens (tertiary/aromatic N) is 1. The number of aliphatic hydroxyl groups excluding tert-OH is 1. The van der Waals surface area contributed by atoms with Crippen LogP contribution in [0, 0.1) is 17.8 Å². The molecule has 2 N–H and O–H groups in total. The van der Waals surface area contributed by atoms with E-state index in [0.717, 1.165) is 11.1 Å². The maximum absolute atomic E-state index is 11.8. The number of rotatable bonds is 6. The lowest BCUT2D eigenvalue weighted by molar-refractivity contribution is -0.122. The smallest absolute Gasteiger partial charge is 0.234 e. The Kier molecular flexibility index (Phi) is 7.52. The van der Waals surface area contributed by atoms with Crippen molar-refractivity contribution in [3.8, 4) is 11.8 Å². The summed E-state index contributed by atoms with van der Waals surface area (Å²) in [5, 5.41) is 11.7. The van der Waals surface area contributed by atoms with Crippen LogP contribution < -0.4 is 5.32 Å². The van der Waals surface area contributed by atoms with Crippen LogP contribution in [0.15, 0.2) is 24.3 Å². The number of nitrogens with one attached hydrogen (secondary N) is 1. The van der Waals surface area contributed by atoms with E-state index >= 15 is 0 Å². The molecule has 0 fully saturated rings. The van der Waals surface area contributed by atoms with Crippen LogP contribution in [-0.2, 0) is 11.3 Å². The minimum Gasteiger partial charge on any atom is -0.384 e. The third kappa shape index (κ3) is 6.94. The van der Waals surface area contributed by atoms with Crippen molar-refractivity contribution < 1.29 is 9.90 Å². The van der Waals surface area contributed by atoms with Gasteiger partial charge in [-0.15, -0.1) is 0 Å². The summed E-state index contributed by atoms with van der Waals surface area (Å²) >= 11 is 0. The Bertz CT molecular complexity index is 515. The van der Waals surface area contributed by atoms with E-state index in [1.807, 2.05) is 36.2 Å². The average Bonchev–Trinajstić information content (AvgIpc) is 2.44. The molecule has 0 saturated heterocycles. The Morgan fingerprint density at radius 1 is 1.38 bits per heavy atom. The fourth-order valence-electron chi connectivity index (χ4n) is 1.88. The number of carbonyl (C=O) groups excluding carboxylic acids is 1. The largest absolute Gasteiger partial charge is 0.384 e. The standard InChI is InChI=1S/C17H24N2O2/c1-14(2)11-18-17(21)13-19(3)12-16-8-5-4-7-15(16)9-6-10-20/h4-5,7-8,14,20H,10-13H2,1-3H3,(H,18,21). The van der Waals surface area contributed by atoms with E-state index in [9.17, 15) is 4.79 Å². The van der Waals surface area contributed by atoms with Crippen LogP contribution in [0.5, 0.6) is 0 Å². The van der Waals surface area contributed by atoms with E-state index in [1.54, 1.807) is 0 Å². The molecule has 1 amide bonds. The molecule has 1 rings (SSSR count). The van der Waals surface area contributed by atoms with Crippen molar-refractivity contribution in [1.82, 2.24) is 10.2 Å². The van der Waals surface area contributed by atoms with Crippen molar-refractivity contribution in [2.45, 2.75) is 20.4 Å². The predicted molar refractivity (Wildman–Crippen MR) is 84.6 cm³/mol. The molecular formula is C17H24N2O2. The topological polar surface area (TPSA) is 52.6 Å². The highest BCUT2D eigenvalue weighted by Gasteiger charge is 2.09. The molecule has 0 aliphatic rings. The number of aliphatic hydroxyl groups is 1. The highest BCUT2D eigenvalue weighted by Crippen LogP contribution is 2.09. The van der Waals surface area contributed by atoms with Gasteiger partial charge in [0.15, 0.2) is 0 Å². The SMILES string of the molecule is CC(C)CNC(=O)CN(C)Cc1ccccc1C#CCO. The summed E-state index contributed by atoms with van der Waals surface area (Å²) in [6.45, 7) is 5.69. The molecule has 21 heavy (non-hydrogen) atoms. The van der Waals surface area contributed by atoms with Gasteiger partial charge in [-0.2, -0.15) is 0 Å². The molecule has 0 radical (unpaired) electrons. The van der Waals surface area contributed by atoms with Gasteiger partial charge in [0.2, 0.25) is 5.91 Å². The number of hydrogen-bond acceptors (Lipinski definition) is 3. The Morgan fingerprint density at radius 3 is 2.76 bits per heavy atom. The van der Waals surface area contributed by atoms with Crippen molar-refractivity contribution in [1.29, 1.82) is 0 Å². The lowest BCUT2D eigenvalue weighted by Gasteiger charge is -2.17. The fraction of sp³-hybridized carbons (Fsp3) is 0.471. The van der Waals surface area contributed by atoms with Gasteiger partial charge in [-0.1, -0.05) is 43.9 Å². The van der Waals surface area contributed by atoms with Crippen LogP contribution >= 0.6 is 0 Å². The molecule has 4 heteroatoms. The Hall–Kier alpha value is -1.83. The highest BCUT2D eigenvalue weighted by atomic mass is 16.2. The quantitative estimate of drug-likeness (QED) is 0.774. The Labute approximate surface area is 127 Å². The van der Waals surface area contributed by atoms with E-state index in [-0.39, 0.29) is 12.5 Å². The first-order chi connectivity index (χ1) is 10.0. The summed E-state index contributed by atoms with van der Waals surface area (Å²) in [6.07, 6.45) is 0. The van der Waals surface area contributed by atoms with Gasteiger partial charge in [0.05, 0.1) is 6.54 Å². The zero-order chi connectivity index (χ0) is 15.7. The van der Waals surface area contributed by atoms with Crippen molar-refractivity contribution >= 4 is 5.91 Å². The summed E-state index contributed by atoms with van der Waals surface area (Å²) in [5.41, 5.74) is 1.94. The van der Waals surface area contributed by atoms with E-state index in [2.05, 4.69) is 31.0 Å². The molecule has 0 unspecified atom stereocenters. The number of benzene rings is 1. The molecule has 0 aromatic heterocycles. The lowest BCUT2D eigenvalue weighted by Crippen LogP contribution is -2.36. The molecule has 0 aliphatic carbocycles. The maximum atomic E-state index is 11.8. The molecule has 0 heterocycles. The van der Waals surface area contributed by atoms with E-state index in [4.69, 9.17) is 5.11 Å². The summed E-state index contributed by atoms with van der Waals surface area (Å²) in [5.74, 6) is 6.08. The second-order valence-electron chi connectivity index (χ2n) is 5.49. The maximum Gasteiger partial charge on any atom is 0.234 e. The van der Waals surface area contributed by atoms with E-state index < -0.39 is 0 Å². The molecule has 1 aromatic carbocycles. The van der Waals surface area contributed by atoms with Crippen molar-refractivity contribution in [2.24, 2.45) is 5.92 Å². The Balaban J connectivity index is 2.58. The minimum absolute atomic E-state index is 0.0325. The van der Waals surface area contributed by atoms with Crippen LogP contribution in [0.1, 0.15) is 25.0 Å². The summed E-state index contributed by atoms with van der Waals surface area (Å²) < 4.78 is 0. The van der Waals surface area contributed by atoms with Crippen LogP contribution in [-0.4, -0.2) is 42.7 Å². The normalized spacial score (nSPS) is 10.4. The van der Waals surface area contributed by atoms with Gasteiger partial charge in [-0.05, 0) is 24.6 Å². The monoisotopic (exact) mass is 288 g/mol. The van der Waals surface area contributed by atoms with Crippen LogP contribution in [0.4, 0.5) is 0 Å². The average molecular weight is 288 g/mol. The predicted octanol–water partition coefficient (Wildman–Crippen LogP) is 1.23. The van der Waals surface area contributed by atoms with Gasteiger partial charge in [0.1, 0.15) is 6.61 Å². The molecule has 0 saturated carbocycles. The molecular weight excluding hydrogens is 264 g/mol. The molecule has 1 aromatic rings. The molecule has 0 spiro atoms. The van der Waals surface area contributed by atoms with Gasteiger partial charge >= 0.3 is 0 Å². The first kappa shape index (κ1) is 17.2. The first-order valence-electron chi connectivity index (χ1n) is 7.15. The first-order valence-corrected chi connectivity index (χ1v) is 7.15. The number of carbonyl (C=O) groups is 1. The summed E-state index contributed by atoms with van der Waals surface area (Å²) in [6, 6.07) is 7.78. The number of amides is 1. The number of hydrogen-bond donors (Lipinski definition) is 2. The molecule has 0 aliphatic heterocycles. The molecule has 114 valence electrons. The van der Waals surface area contributed by atoms with Crippen LogP contribution in [0.25, 0.3) is 0 Å². The molecule has 0 atom stereocenters. The Morgan fingerprint density at radius 2 is 2.10 bits per heavy atom. The van der Waals surface area contributed by atoms with Gasteiger partial charge in [0.25, 0.3) is 0 Å². The van der Waals surface area contributed by atoms with Crippen molar-refractivity contribution in [2.75, 3.05) is 26.7 Å². The summed E-state index contributed by atoms with van der Waals surface area (Å²) in [7, 11) is 1.91. The van der Waals surface area contributed by atoms with Crippen LogP contribution in [0.3, 0.4) is 0 Å². The third-order valence-electron chi connectivity index (χ3n) is 2.88. The van der Waals surface area contributed by atoms with Gasteiger partial charge in [0, 0.05) is 18.7 Å². The second-order valence-corrected chi connectivity index (χ2v) is 5.49. The zero-order valence-corrected chi connectivity index (χ0v) is 13.0. The third-order valence-corrected chi connectivity index (χ3v) is 2.88. The highest BCUT2D eigenvalue weighted by molar-refractivity contribution is 5.77. The molecule has 0 bridgehead atoms. The fourth-order valence-corrected chi connectivity index (χ4v) is 1.88. The minimum atomic E-state index is -0.151. The number of likely N-dealkylation sites (N-methyl/N-ethyl adjacent to an activating group) is 1. The summed E-state index contributed by atoms with van der Waals surface area (Å²) in [4.78, 5) is 13.7. The second kappa shape index (κ2) is 9.17. The van der Waals surface area contributed by atoms with Crippen molar-refractivity contribution in [3.05, 3.63) is 35.4 Å². The zero-order valence-electron chi connectivity index (χ0n) is 13.0. The van der Waals surface area contributed by atoms with E-state index in [1.165, 1.54) is 0 Å². The van der Waals surface area contributed by atoms with Gasteiger partial charge in [-0.25, -0.2) is 0 Å². The van der Waals surface area contributed by atoms with Crippen molar-refractivity contribution in [3.63, 3.8) is 0 Å². The lowest BCUT2D eigenvalue weighted by atomic mass is 10.1.